The Kier molecular flexibility index (Phi) is 11.6. The minimum atomic E-state index is -1.02. The third-order valence-corrected chi connectivity index (χ3v) is 3.35. The van der Waals surface area contributed by atoms with Crippen LogP contribution in [0.1, 0.15) is 60.8 Å². The molecule has 170 valence electrons. The van der Waals surface area contributed by atoms with Crippen LogP contribution in [0.2, 0.25) is 0 Å². The summed E-state index contributed by atoms with van der Waals surface area (Å²) in [6, 6.07) is -0.817. The minimum absolute atomic E-state index is 0.0907. The van der Waals surface area contributed by atoms with Crippen LogP contribution in [-0.4, -0.2) is 66.2 Å². The molecule has 0 spiro atoms. The Hall–Kier alpha value is -2.07. The molecule has 10 nitrogen and oxygen atoms in total. The van der Waals surface area contributed by atoms with Gasteiger partial charge in [-0.1, -0.05) is 0 Å². The largest absolute Gasteiger partial charge is 0.444 e. The van der Waals surface area contributed by atoms with Gasteiger partial charge in [0.1, 0.15) is 17.2 Å². The molecule has 0 bridgehead atoms. The molecule has 3 amide bonds. The first-order chi connectivity index (χ1) is 13.2. The summed E-state index contributed by atoms with van der Waals surface area (Å²) in [7, 11) is 0. The van der Waals surface area contributed by atoms with Crippen molar-refractivity contribution in [2.24, 2.45) is 5.73 Å². The molecule has 10 heteroatoms. The first kappa shape index (κ1) is 26.9. The zero-order valence-electron chi connectivity index (χ0n) is 18.5. The van der Waals surface area contributed by atoms with Crippen molar-refractivity contribution in [2.45, 2.75) is 84.2 Å². The van der Waals surface area contributed by atoms with E-state index in [0.717, 1.165) is 0 Å². The summed E-state index contributed by atoms with van der Waals surface area (Å²) >= 11 is 0. The predicted octanol–water partition coefficient (Wildman–Crippen LogP) is 1.01. The highest BCUT2D eigenvalue weighted by Gasteiger charge is 2.24. The van der Waals surface area contributed by atoms with E-state index < -0.39 is 41.4 Å². The summed E-state index contributed by atoms with van der Waals surface area (Å²) in [6.07, 6.45) is -0.631. The number of hydrogen-bond donors (Lipinski definition) is 5. The Morgan fingerprint density at radius 2 is 1.41 bits per heavy atom. The third kappa shape index (κ3) is 15.5. The Morgan fingerprint density at radius 3 is 1.93 bits per heavy atom. The molecule has 0 heterocycles. The number of carbonyl (C=O) groups is 3. The summed E-state index contributed by atoms with van der Waals surface area (Å²) in [5, 5.41) is 17.5. The van der Waals surface area contributed by atoms with Gasteiger partial charge in [-0.2, -0.15) is 0 Å². The van der Waals surface area contributed by atoms with E-state index in [9.17, 15) is 19.5 Å². The van der Waals surface area contributed by atoms with E-state index in [1.165, 1.54) is 0 Å². The molecule has 2 atom stereocenters. The second-order valence-corrected chi connectivity index (χ2v) is 8.77. The van der Waals surface area contributed by atoms with Crippen LogP contribution in [0.4, 0.5) is 9.59 Å². The molecule has 0 aliphatic rings. The first-order valence-electron chi connectivity index (χ1n) is 9.85. The molecule has 6 N–H and O–H groups in total. The van der Waals surface area contributed by atoms with Crippen LogP contribution in [0.3, 0.4) is 0 Å². The van der Waals surface area contributed by atoms with Gasteiger partial charge in [0.15, 0.2) is 0 Å². The van der Waals surface area contributed by atoms with Gasteiger partial charge in [0, 0.05) is 13.1 Å². The Labute approximate surface area is 173 Å². The molecular formula is C19H38N4O6. The number of carbonyl (C=O) groups excluding carboxylic acids is 3. The number of nitrogens with two attached hydrogens (primary N) is 1. The lowest BCUT2D eigenvalue weighted by molar-refractivity contribution is -0.123. The van der Waals surface area contributed by atoms with Gasteiger partial charge in [-0.05, 0) is 67.3 Å². The summed E-state index contributed by atoms with van der Waals surface area (Å²) < 4.78 is 10.3. The standard InChI is InChI=1S/C19H38N4O6/c1-18(2,3)28-16(26)22-12-13(24)11-21-15(25)14(9-7-8-10-20)23-17(27)29-19(4,5)6/h13-14,24H,7-12,20H2,1-6H3,(H,21,25)(H,22,26)(H,23,27)/t13?,14-/m0/s1. The maximum atomic E-state index is 12.4. The average Bonchev–Trinajstić information content (AvgIpc) is 2.53. The van der Waals surface area contributed by atoms with Gasteiger partial charge in [0.05, 0.1) is 6.10 Å². The lowest BCUT2D eigenvalue weighted by Gasteiger charge is -2.24. The topological polar surface area (TPSA) is 152 Å². The van der Waals surface area contributed by atoms with Crippen molar-refractivity contribution < 1.29 is 29.0 Å². The van der Waals surface area contributed by atoms with Gasteiger partial charge in [-0.25, -0.2) is 9.59 Å². The van der Waals surface area contributed by atoms with Crippen molar-refractivity contribution in [2.75, 3.05) is 19.6 Å². The van der Waals surface area contributed by atoms with Gasteiger partial charge in [0.25, 0.3) is 0 Å². The molecule has 1 unspecified atom stereocenters. The van der Waals surface area contributed by atoms with Gasteiger partial charge < -0.3 is 36.3 Å². The number of aliphatic hydroxyl groups excluding tert-OH is 1. The average molecular weight is 419 g/mol. The summed E-state index contributed by atoms with van der Waals surface area (Å²) in [6.45, 7) is 10.7. The second-order valence-electron chi connectivity index (χ2n) is 8.77. The number of ether oxygens (including phenoxy) is 2. The van der Waals surface area contributed by atoms with Crippen molar-refractivity contribution in [3.05, 3.63) is 0 Å². The van der Waals surface area contributed by atoms with Crippen LogP contribution in [0.5, 0.6) is 0 Å². The van der Waals surface area contributed by atoms with Gasteiger partial charge in [-0.3, -0.25) is 4.79 Å². The van der Waals surface area contributed by atoms with E-state index >= 15 is 0 Å². The highest BCUT2D eigenvalue weighted by molar-refractivity contribution is 5.85. The van der Waals surface area contributed by atoms with E-state index in [1.807, 2.05) is 0 Å². The van der Waals surface area contributed by atoms with E-state index in [-0.39, 0.29) is 13.1 Å². The smallest absolute Gasteiger partial charge is 0.408 e. The molecule has 0 aromatic rings. The maximum absolute atomic E-state index is 12.4. The highest BCUT2D eigenvalue weighted by Crippen LogP contribution is 2.08. The molecule has 0 rings (SSSR count). The van der Waals surface area contributed by atoms with Crippen LogP contribution in [0, 0.1) is 0 Å². The van der Waals surface area contributed by atoms with E-state index in [2.05, 4.69) is 16.0 Å². The lowest BCUT2D eigenvalue weighted by Crippen LogP contribution is -2.50. The minimum Gasteiger partial charge on any atom is -0.444 e. The number of aliphatic hydroxyl groups is 1. The van der Waals surface area contributed by atoms with E-state index in [4.69, 9.17) is 15.2 Å². The number of nitrogens with one attached hydrogen (secondary N) is 3. The summed E-state index contributed by atoms with van der Waals surface area (Å²) in [5.74, 6) is -0.454. The van der Waals surface area contributed by atoms with Crippen molar-refractivity contribution in [1.29, 1.82) is 0 Å². The molecule has 0 fully saturated rings. The van der Waals surface area contributed by atoms with Crippen LogP contribution in [-0.2, 0) is 14.3 Å². The van der Waals surface area contributed by atoms with Crippen molar-refractivity contribution in [3.8, 4) is 0 Å². The molecule has 0 aliphatic carbocycles. The molecule has 29 heavy (non-hydrogen) atoms. The van der Waals surface area contributed by atoms with Crippen molar-refractivity contribution in [1.82, 2.24) is 16.0 Å². The van der Waals surface area contributed by atoms with Gasteiger partial charge >= 0.3 is 12.2 Å². The Balaban J connectivity index is 4.55. The van der Waals surface area contributed by atoms with Crippen LogP contribution < -0.4 is 21.7 Å². The van der Waals surface area contributed by atoms with Gasteiger partial charge in [-0.15, -0.1) is 0 Å². The molecule has 0 aliphatic heterocycles. The molecule has 0 saturated carbocycles. The first-order valence-corrected chi connectivity index (χ1v) is 9.85. The summed E-state index contributed by atoms with van der Waals surface area (Å²) in [5.41, 5.74) is 4.15. The number of rotatable bonds is 10. The second kappa shape index (κ2) is 12.5. The predicted molar refractivity (Wildman–Crippen MR) is 109 cm³/mol. The zero-order chi connectivity index (χ0) is 22.7. The molecule has 0 aromatic heterocycles. The number of amides is 3. The monoisotopic (exact) mass is 418 g/mol. The number of hydrogen-bond acceptors (Lipinski definition) is 7. The fraction of sp³-hybridized carbons (Fsp3) is 0.842. The van der Waals surface area contributed by atoms with Gasteiger partial charge in [0.2, 0.25) is 5.91 Å². The molecular weight excluding hydrogens is 380 g/mol. The van der Waals surface area contributed by atoms with Crippen LogP contribution in [0.25, 0.3) is 0 Å². The van der Waals surface area contributed by atoms with E-state index in [1.54, 1.807) is 41.5 Å². The number of alkyl carbamates (subject to hydrolysis) is 2. The lowest BCUT2D eigenvalue weighted by atomic mass is 10.1. The normalized spacial score (nSPS) is 13.8. The molecule has 0 saturated heterocycles. The highest BCUT2D eigenvalue weighted by atomic mass is 16.6. The SMILES string of the molecule is CC(C)(C)OC(=O)NCC(O)CNC(=O)[C@H](CCCCN)NC(=O)OC(C)(C)C. The van der Waals surface area contributed by atoms with E-state index in [0.29, 0.717) is 25.8 Å². The number of unbranched alkanes of at least 4 members (excludes halogenated alkanes) is 1. The summed E-state index contributed by atoms with van der Waals surface area (Å²) in [4.78, 5) is 36.0. The van der Waals surface area contributed by atoms with Crippen LogP contribution in [0.15, 0.2) is 0 Å². The fourth-order valence-electron chi connectivity index (χ4n) is 2.14. The Bertz CT molecular complexity index is 528. The third-order valence-electron chi connectivity index (χ3n) is 3.35. The van der Waals surface area contributed by atoms with Crippen LogP contribution >= 0.6 is 0 Å². The Morgan fingerprint density at radius 1 is 0.897 bits per heavy atom. The zero-order valence-corrected chi connectivity index (χ0v) is 18.5. The van der Waals surface area contributed by atoms with Crippen molar-refractivity contribution in [3.63, 3.8) is 0 Å². The maximum Gasteiger partial charge on any atom is 0.408 e. The molecule has 0 aromatic carbocycles. The van der Waals surface area contributed by atoms with Crippen molar-refractivity contribution >= 4 is 18.1 Å². The fourth-order valence-corrected chi connectivity index (χ4v) is 2.14. The molecule has 0 radical (unpaired) electrons. The quantitative estimate of drug-likeness (QED) is 0.332.